The van der Waals surface area contributed by atoms with Gasteiger partial charge in [-0.15, -0.1) is 0 Å². The van der Waals surface area contributed by atoms with Crippen molar-refractivity contribution in [3.8, 4) is 0 Å². The van der Waals surface area contributed by atoms with Crippen molar-refractivity contribution in [2.75, 3.05) is 0 Å². The Morgan fingerprint density at radius 3 is 2.06 bits per heavy atom. The largest absolute Gasteiger partial charge is 0.387 e. The van der Waals surface area contributed by atoms with Crippen LogP contribution in [0, 0.1) is 17.8 Å². The van der Waals surface area contributed by atoms with Crippen LogP contribution in [0.3, 0.4) is 0 Å². The topological polar surface area (TPSA) is 38.4 Å². The molecule has 2 N–H and O–H groups in total. The van der Waals surface area contributed by atoms with Crippen LogP contribution in [0.5, 0.6) is 0 Å². The zero-order valence-corrected chi connectivity index (χ0v) is 10.4. The van der Waals surface area contributed by atoms with E-state index in [-0.39, 0.29) is 5.54 Å². The van der Waals surface area contributed by atoms with E-state index in [4.69, 9.17) is 10.7 Å². The molecule has 0 aromatic carbocycles. The van der Waals surface area contributed by atoms with Crippen molar-refractivity contribution in [3.05, 3.63) is 0 Å². The number of amidine groups is 1. The van der Waals surface area contributed by atoms with E-state index in [0.29, 0.717) is 0 Å². The Bertz CT molecular complexity index is 271. The first-order chi connectivity index (χ1) is 7.69. The number of nitrogens with two attached hydrogens (primary N) is 1. The minimum atomic E-state index is 0.286. The van der Waals surface area contributed by atoms with E-state index in [0.717, 1.165) is 36.4 Å². The van der Waals surface area contributed by atoms with Crippen LogP contribution < -0.4 is 5.73 Å². The molecule has 0 amide bonds. The van der Waals surface area contributed by atoms with Crippen molar-refractivity contribution in [1.82, 2.24) is 0 Å². The molecule has 0 aromatic heterocycles. The SMILES string of the molecule is CCCC(N)=NC12CC3CC(CC(C3)C1)C2. The van der Waals surface area contributed by atoms with Gasteiger partial charge in [-0.3, -0.25) is 4.99 Å². The highest BCUT2D eigenvalue weighted by Crippen LogP contribution is 2.57. The van der Waals surface area contributed by atoms with Crippen LogP contribution in [-0.4, -0.2) is 11.4 Å². The van der Waals surface area contributed by atoms with Crippen molar-refractivity contribution >= 4 is 5.84 Å². The Hall–Kier alpha value is -0.530. The average molecular weight is 220 g/mol. The molecule has 16 heavy (non-hydrogen) atoms. The first-order valence-corrected chi connectivity index (χ1v) is 7.03. The Kier molecular flexibility index (Phi) is 2.49. The lowest BCUT2D eigenvalue weighted by Crippen LogP contribution is -2.50. The Balaban J connectivity index is 1.80. The fourth-order valence-electron chi connectivity index (χ4n) is 4.82. The summed E-state index contributed by atoms with van der Waals surface area (Å²) in [5.74, 6) is 3.85. The van der Waals surface area contributed by atoms with E-state index in [9.17, 15) is 0 Å². The smallest absolute Gasteiger partial charge is 0.0943 e. The Labute approximate surface area is 98.7 Å². The third-order valence-corrected chi connectivity index (χ3v) is 4.89. The maximum Gasteiger partial charge on any atom is 0.0943 e. The normalized spacial score (nSPS) is 46.3. The van der Waals surface area contributed by atoms with E-state index in [1.165, 1.54) is 38.5 Å². The highest BCUT2D eigenvalue weighted by molar-refractivity contribution is 5.80. The van der Waals surface area contributed by atoms with Crippen LogP contribution in [-0.2, 0) is 0 Å². The minimum Gasteiger partial charge on any atom is -0.387 e. The highest BCUT2D eigenvalue weighted by Gasteiger charge is 2.50. The Morgan fingerprint density at radius 2 is 1.62 bits per heavy atom. The summed E-state index contributed by atoms with van der Waals surface area (Å²) >= 11 is 0. The molecule has 0 spiro atoms. The van der Waals surface area contributed by atoms with Crippen molar-refractivity contribution < 1.29 is 0 Å². The van der Waals surface area contributed by atoms with E-state index in [1.807, 2.05) is 0 Å². The van der Waals surface area contributed by atoms with Gasteiger partial charge in [0, 0.05) is 6.42 Å². The van der Waals surface area contributed by atoms with Gasteiger partial charge in [-0.1, -0.05) is 6.92 Å². The fourth-order valence-corrected chi connectivity index (χ4v) is 4.82. The second-order valence-corrected chi connectivity index (χ2v) is 6.50. The maximum absolute atomic E-state index is 6.06. The summed E-state index contributed by atoms with van der Waals surface area (Å²) in [6.07, 6.45) is 10.6. The molecular weight excluding hydrogens is 196 g/mol. The molecule has 0 saturated heterocycles. The van der Waals surface area contributed by atoms with Crippen molar-refractivity contribution in [2.45, 2.75) is 63.8 Å². The number of hydrogen-bond acceptors (Lipinski definition) is 1. The van der Waals surface area contributed by atoms with Crippen molar-refractivity contribution in [3.63, 3.8) is 0 Å². The first-order valence-electron chi connectivity index (χ1n) is 7.03. The maximum atomic E-state index is 6.06. The molecule has 0 unspecified atom stereocenters. The molecule has 4 aliphatic rings. The van der Waals surface area contributed by atoms with E-state index in [2.05, 4.69) is 6.92 Å². The number of aliphatic imine (C=N–C) groups is 1. The summed E-state index contributed by atoms with van der Waals surface area (Å²) in [5.41, 5.74) is 6.34. The van der Waals surface area contributed by atoms with Crippen LogP contribution in [0.15, 0.2) is 4.99 Å². The first kappa shape index (κ1) is 10.6. The molecule has 4 saturated carbocycles. The summed E-state index contributed by atoms with van der Waals surface area (Å²) in [4.78, 5) is 4.95. The zero-order chi connectivity index (χ0) is 11.2. The van der Waals surface area contributed by atoms with Gasteiger partial charge in [0.1, 0.15) is 0 Å². The van der Waals surface area contributed by atoms with Gasteiger partial charge in [0.25, 0.3) is 0 Å². The summed E-state index contributed by atoms with van der Waals surface area (Å²) in [5, 5.41) is 0. The predicted molar refractivity (Wildman–Crippen MR) is 67.4 cm³/mol. The second kappa shape index (κ2) is 3.75. The number of hydrogen-bond donors (Lipinski definition) is 1. The van der Waals surface area contributed by atoms with E-state index >= 15 is 0 Å². The molecule has 4 bridgehead atoms. The third kappa shape index (κ3) is 1.76. The quantitative estimate of drug-likeness (QED) is 0.576. The lowest BCUT2D eigenvalue weighted by molar-refractivity contribution is 0.00154. The van der Waals surface area contributed by atoms with Gasteiger partial charge in [0.15, 0.2) is 0 Å². The molecule has 0 heterocycles. The van der Waals surface area contributed by atoms with Crippen LogP contribution in [0.25, 0.3) is 0 Å². The molecule has 4 aliphatic carbocycles. The van der Waals surface area contributed by atoms with Crippen LogP contribution in [0.4, 0.5) is 0 Å². The Morgan fingerprint density at radius 1 is 1.12 bits per heavy atom. The molecule has 90 valence electrons. The molecule has 2 heteroatoms. The van der Waals surface area contributed by atoms with E-state index < -0.39 is 0 Å². The second-order valence-electron chi connectivity index (χ2n) is 6.50. The number of rotatable bonds is 3. The minimum absolute atomic E-state index is 0.286. The van der Waals surface area contributed by atoms with E-state index in [1.54, 1.807) is 0 Å². The monoisotopic (exact) mass is 220 g/mol. The molecule has 0 atom stereocenters. The van der Waals surface area contributed by atoms with Gasteiger partial charge >= 0.3 is 0 Å². The summed E-state index contributed by atoms with van der Waals surface area (Å²) in [6.45, 7) is 2.18. The van der Waals surface area contributed by atoms with Gasteiger partial charge in [0.2, 0.25) is 0 Å². The van der Waals surface area contributed by atoms with Gasteiger partial charge in [-0.05, 0) is 62.7 Å². The average Bonchev–Trinajstić information content (AvgIpc) is 2.13. The molecule has 0 radical (unpaired) electrons. The lowest BCUT2D eigenvalue weighted by Gasteiger charge is -2.55. The predicted octanol–water partition coefficient (Wildman–Crippen LogP) is 3.11. The number of nitrogens with zero attached hydrogens (tertiary/aromatic N) is 1. The fraction of sp³-hybridized carbons (Fsp3) is 0.929. The van der Waals surface area contributed by atoms with Gasteiger partial charge in [0.05, 0.1) is 11.4 Å². The van der Waals surface area contributed by atoms with Crippen molar-refractivity contribution in [1.29, 1.82) is 0 Å². The molecule has 0 aliphatic heterocycles. The molecule has 4 rings (SSSR count). The zero-order valence-electron chi connectivity index (χ0n) is 10.4. The third-order valence-electron chi connectivity index (χ3n) is 4.89. The molecule has 0 aromatic rings. The van der Waals surface area contributed by atoms with Crippen molar-refractivity contribution in [2.24, 2.45) is 28.5 Å². The lowest BCUT2D eigenvalue weighted by atomic mass is 9.53. The molecule has 4 fully saturated rings. The van der Waals surface area contributed by atoms with Crippen LogP contribution in [0.1, 0.15) is 58.3 Å². The summed E-state index contributed by atoms with van der Waals surface area (Å²) in [7, 11) is 0. The van der Waals surface area contributed by atoms with Crippen LogP contribution >= 0.6 is 0 Å². The van der Waals surface area contributed by atoms with Gasteiger partial charge in [-0.25, -0.2) is 0 Å². The standard InChI is InChI=1S/C14H24N2/c1-2-3-13(15)16-14-7-10-4-11(8-14)6-12(5-10)9-14/h10-12H,2-9H2,1H3,(H2,15,16). The highest BCUT2D eigenvalue weighted by atomic mass is 15.0. The molecule has 2 nitrogen and oxygen atoms in total. The van der Waals surface area contributed by atoms with Crippen LogP contribution in [0.2, 0.25) is 0 Å². The molecular formula is C14H24N2. The van der Waals surface area contributed by atoms with Gasteiger partial charge in [-0.2, -0.15) is 0 Å². The summed E-state index contributed by atoms with van der Waals surface area (Å²) in [6, 6.07) is 0. The van der Waals surface area contributed by atoms with Gasteiger partial charge < -0.3 is 5.73 Å². The summed E-state index contributed by atoms with van der Waals surface area (Å²) < 4.78 is 0.